The number of hydrogen-bond acceptors (Lipinski definition) is 1. The molecule has 48 valence electrons. The molecule has 0 aromatic rings. The smallest absolute Gasteiger partial charge is 0.256 e. The van der Waals surface area contributed by atoms with Gasteiger partial charge in [-0.05, 0) is 0 Å². The second-order valence-electron chi connectivity index (χ2n) is 2.25. The van der Waals surface area contributed by atoms with Crippen molar-refractivity contribution in [3.8, 4) is 0 Å². The Labute approximate surface area is 46.3 Å². The van der Waals surface area contributed by atoms with E-state index in [0.29, 0.717) is 0 Å². The Morgan fingerprint density at radius 3 is 2.00 bits per heavy atom. The van der Waals surface area contributed by atoms with Crippen LogP contribution in [0.15, 0.2) is 0 Å². The molecule has 1 aliphatic rings. The number of aliphatic hydroxyl groups is 1. The quantitative estimate of drug-likeness (QED) is 0.547. The van der Waals surface area contributed by atoms with E-state index in [0.717, 1.165) is 0 Å². The van der Waals surface area contributed by atoms with Crippen LogP contribution in [0.5, 0.6) is 0 Å². The van der Waals surface area contributed by atoms with Gasteiger partial charge in [0.15, 0.2) is 0 Å². The summed E-state index contributed by atoms with van der Waals surface area (Å²) in [5.74, 6) is -3.94. The van der Waals surface area contributed by atoms with Gasteiger partial charge in [-0.25, -0.2) is 8.78 Å². The van der Waals surface area contributed by atoms with Crippen molar-refractivity contribution in [3.05, 3.63) is 0 Å². The summed E-state index contributed by atoms with van der Waals surface area (Å²) in [6.45, 7) is 1.06. The Bertz CT molecular complexity index is 103. The van der Waals surface area contributed by atoms with Crippen molar-refractivity contribution in [2.45, 2.75) is 12.8 Å². The van der Waals surface area contributed by atoms with Crippen LogP contribution < -0.4 is 0 Å². The second kappa shape index (κ2) is 1.41. The first kappa shape index (κ1) is 5.95. The van der Waals surface area contributed by atoms with Crippen molar-refractivity contribution in [2.75, 3.05) is 6.61 Å². The largest absolute Gasteiger partial charge is 0.396 e. The SMILES string of the molecule is C[C@@H]1[C@H](CO)C1(F)F. The van der Waals surface area contributed by atoms with Crippen LogP contribution in [0, 0.1) is 11.8 Å². The highest BCUT2D eigenvalue weighted by Gasteiger charge is 2.64. The molecule has 0 radical (unpaired) electrons. The molecule has 1 saturated carbocycles. The van der Waals surface area contributed by atoms with E-state index in [9.17, 15) is 8.78 Å². The van der Waals surface area contributed by atoms with Gasteiger partial charge in [0, 0.05) is 5.92 Å². The maximum absolute atomic E-state index is 12.0. The Hall–Kier alpha value is -0.180. The summed E-state index contributed by atoms with van der Waals surface area (Å²) in [6.07, 6.45) is 0. The molecule has 0 aliphatic heterocycles. The van der Waals surface area contributed by atoms with Gasteiger partial charge in [0.2, 0.25) is 0 Å². The van der Waals surface area contributed by atoms with Crippen LogP contribution in [-0.4, -0.2) is 17.6 Å². The molecule has 0 spiro atoms. The van der Waals surface area contributed by atoms with Crippen molar-refractivity contribution < 1.29 is 13.9 Å². The Morgan fingerprint density at radius 2 is 2.00 bits per heavy atom. The van der Waals surface area contributed by atoms with E-state index >= 15 is 0 Å². The van der Waals surface area contributed by atoms with Gasteiger partial charge < -0.3 is 5.11 Å². The van der Waals surface area contributed by atoms with Crippen molar-refractivity contribution in [2.24, 2.45) is 11.8 Å². The molecule has 1 N–H and O–H groups in total. The molecule has 0 aromatic heterocycles. The molecule has 8 heavy (non-hydrogen) atoms. The number of aliphatic hydroxyl groups excluding tert-OH is 1. The molecule has 0 unspecified atom stereocenters. The standard InChI is InChI=1S/C5H8F2O/c1-3-4(2-8)5(3,6)7/h3-4,8H,2H2,1H3/t3-,4+/m1/s1. The van der Waals surface area contributed by atoms with Crippen LogP contribution in [0.1, 0.15) is 6.92 Å². The molecule has 0 heterocycles. The fourth-order valence-corrected chi connectivity index (χ4v) is 0.840. The summed E-state index contributed by atoms with van der Waals surface area (Å²) in [5.41, 5.74) is 0. The molecule has 1 nitrogen and oxygen atoms in total. The summed E-state index contributed by atoms with van der Waals surface area (Å²) in [4.78, 5) is 0. The van der Waals surface area contributed by atoms with Gasteiger partial charge >= 0.3 is 0 Å². The summed E-state index contributed by atoms with van der Waals surface area (Å²) in [7, 11) is 0. The number of hydrogen-bond donors (Lipinski definition) is 1. The van der Waals surface area contributed by atoms with Crippen LogP contribution in [0.4, 0.5) is 8.78 Å². The van der Waals surface area contributed by atoms with Gasteiger partial charge in [0.05, 0.1) is 12.5 Å². The zero-order chi connectivity index (χ0) is 6.36. The summed E-state index contributed by atoms with van der Waals surface area (Å²) in [5, 5.41) is 8.23. The van der Waals surface area contributed by atoms with Gasteiger partial charge in [0.25, 0.3) is 5.92 Å². The minimum atomic E-state index is -2.57. The molecule has 1 fully saturated rings. The van der Waals surface area contributed by atoms with Gasteiger partial charge in [0.1, 0.15) is 0 Å². The maximum atomic E-state index is 12.0. The lowest BCUT2D eigenvalue weighted by Crippen LogP contribution is -1.96. The van der Waals surface area contributed by atoms with Gasteiger partial charge in [-0.1, -0.05) is 6.92 Å². The summed E-state index contributed by atoms with van der Waals surface area (Å²) < 4.78 is 24.1. The van der Waals surface area contributed by atoms with E-state index in [-0.39, 0.29) is 6.61 Å². The molecular weight excluding hydrogens is 114 g/mol. The predicted molar refractivity (Wildman–Crippen MR) is 24.7 cm³/mol. The Morgan fingerprint density at radius 1 is 1.62 bits per heavy atom. The molecule has 0 amide bonds. The lowest BCUT2D eigenvalue weighted by atomic mass is 10.4. The third-order valence-electron chi connectivity index (χ3n) is 1.79. The highest BCUT2D eigenvalue weighted by molar-refractivity contribution is 5.01. The van der Waals surface area contributed by atoms with E-state index in [1.54, 1.807) is 0 Å². The molecule has 0 saturated heterocycles. The third-order valence-corrected chi connectivity index (χ3v) is 1.79. The number of alkyl halides is 2. The average molecular weight is 122 g/mol. The van der Waals surface area contributed by atoms with E-state index in [4.69, 9.17) is 5.11 Å². The van der Waals surface area contributed by atoms with Crippen molar-refractivity contribution in [1.29, 1.82) is 0 Å². The van der Waals surface area contributed by atoms with Crippen LogP contribution >= 0.6 is 0 Å². The fourth-order valence-electron chi connectivity index (χ4n) is 0.840. The first-order chi connectivity index (χ1) is 3.60. The molecule has 3 heteroatoms. The summed E-state index contributed by atoms with van der Waals surface area (Å²) in [6, 6.07) is 0. The minimum Gasteiger partial charge on any atom is -0.396 e. The number of rotatable bonds is 1. The van der Waals surface area contributed by atoms with Crippen LogP contribution in [-0.2, 0) is 0 Å². The zero-order valence-electron chi connectivity index (χ0n) is 4.56. The van der Waals surface area contributed by atoms with Gasteiger partial charge in [-0.3, -0.25) is 0 Å². The van der Waals surface area contributed by atoms with Crippen LogP contribution in [0.3, 0.4) is 0 Å². The van der Waals surface area contributed by atoms with E-state index in [2.05, 4.69) is 0 Å². The Balaban J connectivity index is 2.45. The fraction of sp³-hybridized carbons (Fsp3) is 1.00. The van der Waals surface area contributed by atoms with Crippen molar-refractivity contribution in [3.63, 3.8) is 0 Å². The molecular formula is C5H8F2O. The van der Waals surface area contributed by atoms with Crippen LogP contribution in [0.25, 0.3) is 0 Å². The van der Waals surface area contributed by atoms with E-state index in [1.165, 1.54) is 6.92 Å². The molecule has 1 aliphatic carbocycles. The predicted octanol–water partition coefficient (Wildman–Crippen LogP) is 0.880. The third kappa shape index (κ3) is 0.540. The second-order valence-corrected chi connectivity index (χ2v) is 2.25. The van der Waals surface area contributed by atoms with Crippen LogP contribution in [0.2, 0.25) is 0 Å². The molecule has 1 rings (SSSR count). The lowest BCUT2D eigenvalue weighted by Gasteiger charge is -1.87. The highest BCUT2D eigenvalue weighted by Crippen LogP contribution is 2.54. The zero-order valence-corrected chi connectivity index (χ0v) is 4.56. The molecule has 2 atom stereocenters. The van der Waals surface area contributed by atoms with Gasteiger partial charge in [-0.2, -0.15) is 0 Å². The topological polar surface area (TPSA) is 20.2 Å². The average Bonchev–Trinajstić information content (AvgIpc) is 2.09. The number of halogens is 2. The molecule has 0 aromatic carbocycles. The molecule has 0 bridgehead atoms. The van der Waals surface area contributed by atoms with Crippen molar-refractivity contribution in [1.82, 2.24) is 0 Å². The van der Waals surface area contributed by atoms with E-state index in [1.807, 2.05) is 0 Å². The highest BCUT2D eigenvalue weighted by atomic mass is 19.3. The lowest BCUT2D eigenvalue weighted by molar-refractivity contribution is 0.0739. The maximum Gasteiger partial charge on any atom is 0.256 e. The monoisotopic (exact) mass is 122 g/mol. The summed E-state index contributed by atoms with van der Waals surface area (Å²) >= 11 is 0. The minimum absolute atomic E-state index is 0.381. The van der Waals surface area contributed by atoms with Gasteiger partial charge in [-0.15, -0.1) is 0 Å². The van der Waals surface area contributed by atoms with E-state index < -0.39 is 17.8 Å². The first-order valence-corrected chi connectivity index (χ1v) is 2.59. The Kier molecular flexibility index (Phi) is 1.05. The first-order valence-electron chi connectivity index (χ1n) is 2.59. The normalized spacial score (nSPS) is 42.0. The van der Waals surface area contributed by atoms with Crippen molar-refractivity contribution >= 4 is 0 Å².